The predicted molar refractivity (Wildman–Crippen MR) is 266 cm³/mol. The van der Waals surface area contributed by atoms with Gasteiger partial charge in [0.1, 0.15) is 48.3 Å². The maximum absolute atomic E-state index is 14.1. The van der Waals surface area contributed by atoms with Gasteiger partial charge in [0, 0.05) is 19.4 Å². The molecule has 0 saturated carbocycles. The molecule has 1 fully saturated rings. The molecule has 10 amide bonds. The summed E-state index contributed by atoms with van der Waals surface area (Å²) < 4.78 is 0. The molecule has 25 nitrogen and oxygen atoms in total. The highest BCUT2D eigenvalue weighted by atomic mass is 16.4. The molecule has 0 aliphatic carbocycles. The van der Waals surface area contributed by atoms with Crippen LogP contribution in [0.2, 0.25) is 0 Å². The fraction of sp³-hybridized carbons (Fsp3) is 0.766. The van der Waals surface area contributed by atoms with Gasteiger partial charge in [-0.25, -0.2) is 4.79 Å². The van der Waals surface area contributed by atoms with Crippen molar-refractivity contribution in [2.24, 2.45) is 46.4 Å². The van der Waals surface area contributed by atoms with Crippen molar-refractivity contribution in [1.82, 2.24) is 42.1 Å². The van der Waals surface area contributed by atoms with Gasteiger partial charge in [-0.2, -0.15) is 0 Å². The molecule has 0 aromatic rings. The SMILES string of the molecule is CC[C@H](C)[C@H](NC(=O)[C@H](CCC(N)=O)NC(=O)[C@H](C)NC(=O)[C@H](CCCCN)NC(=O)[C@H](CCCCN)NC(=O)[C@H](CCC(N)=O)NC(=O)[C@@H]1CCCN1C(=O)[C@@H](N)C(C)C)C(=O)N[C@@H](CC(C)C)C(=O)O. The van der Waals surface area contributed by atoms with Crippen molar-refractivity contribution in [3.05, 3.63) is 0 Å². The van der Waals surface area contributed by atoms with E-state index in [9.17, 15) is 57.8 Å². The van der Waals surface area contributed by atoms with E-state index in [1.54, 1.807) is 41.5 Å². The standard InChI is InChI=1S/C47H85N13O12/c1-8-27(6)38(45(69)58-33(47(71)72)24-25(2)3)59-43(67)32(18-20-36(51)62)54-39(63)28(7)53-40(64)29(14-9-11-21-48)55-41(65)30(15-10-12-22-49)56-42(66)31(17-19-35(50)61)57-44(68)34-16-13-23-60(34)46(70)37(52)26(4)5/h25-34,37-38H,8-24,48-49,52H2,1-7H3,(H2,50,61)(H2,51,62)(H,53,64)(H,54,63)(H,55,65)(H,56,66)(H,57,68)(H,58,69)(H,59,67)(H,71,72)/t27-,28-,29-,30-,31-,32-,33-,34-,37-,38-/m0/s1. The van der Waals surface area contributed by atoms with Crippen molar-refractivity contribution < 1.29 is 57.8 Å². The first kappa shape index (κ1) is 64.1. The first-order valence-electron chi connectivity index (χ1n) is 25.2. The number of hydrogen-bond donors (Lipinski definition) is 13. The number of carboxylic acids is 1. The topological polar surface area (TPSA) is 426 Å². The van der Waals surface area contributed by atoms with Gasteiger partial charge in [-0.1, -0.05) is 48.0 Å². The molecule has 0 bridgehead atoms. The summed E-state index contributed by atoms with van der Waals surface area (Å²) in [4.78, 5) is 147. The molecule has 18 N–H and O–H groups in total. The molecular weight excluding hydrogens is 939 g/mol. The maximum atomic E-state index is 14.1. The van der Waals surface area contributed by atoms with Crippen molar-refractivity contribution in [1.29, 1.82) is 0 Å². The Morgan fingerprint density at radius 2 is 1.03 bits per heavy atom. The van der Waals surface area contributed by atoms with E-state index >= 15 is 0 Å². The number of carboxylic acid groups (broad SMARTS) is 1. The summed E-state index contributed by atoms with van der Waals surface area (Å²) >= 11 is 0. The molecule has 1 aliphatic rings. The van der Waals surface area contributed by atoms with Crippen LogP contribution in [0.4, 0.5) is 0 Å². The highest BCUT2D eigenvalue weighted by Gasteiger charge is 2.39. The summed E-state index contributed by atoms with van der Waals surface area (Å²) in [5, 5.41) is 27.7. The molecule has 10 atom stereocenters. The zero-order valence-electron chi connectivity index (χ0n) is 43.2. The summed E-state index contributed by atoms with van der Waals surface area (Å²) in [6.45, 7) is 12.6. The Labute approximate surface area is 422 Å². The second kappa shape index (κ2) is 32.9. The Hall–Kier alpha value is -5.95. The summed E-state index contributed by atoms with van der Waals surface area (Å²) in [6, 6.07) is -11.1. The average Bonchev–Trinajstić information content (AvgIpc) is 3.81. The number of amides is 10. The van der Waals surface area contributed by atoms with E-state index in [-0.39, 0.29) is 76.4 Å². The van der Waals surface area contributed by atoms with Gasteiger partial charge in [0.2, 0.25) is 59.1 Å². The molecule has 0 aromatic heterocycles. The van der Waals surface area contributed by atoms with Crippen LogP contribution in [0.5, 0.6) is 0 Å². The van der Waals surface area contributed by atoms with Crippen LogP contribution >= 0.6 is 0 Å². The van der Waals surface area contributed by atoms with E-state index in [0.717, 1.165) is 0 Å². The second-order valence-electron chi connectivity index (χ2n) is 19.4. The number of nitrogens with two attached hydrogens (primary N) is 5. The summed E-state index contributed by atoms with van der Waals surface area (Å²) in [5.41, 5.74) is 28.3. The third-order valence-electron chi connectivity index (χ3n) is 12.5. The molecule has 72 heavy (non-hydrogen) atoms. The number of unbranched alkanes of at least 4 members (excludes halogenated alkanes) is 2. The highest BCUT2D eigenvalue weighted by Crippen LogP contribution is 2.21. The largest absolute Gasteiger partial charge is 0.480 e. The van der Waals surface area contributed by atoms with Gasteiger partial charge >= 0.3 is 5.97 Å². The number of likely N-dealkylation sites (tertiary alicyclic amines) is 1. The predicted octanol–water partition coefficient (Wildman–Crippen LogP) is -2.66. The fourth-order valence-electron chi connectivity index (χ4n) is 7.81. The minimum atomic E-state index is -1.45. The lowest BCUT2D eigenvalue weighted by molar-refractivity contribution is -0.143. The molecule has 0 radical (unpaired) electrons. The highest BCUT2D eigenvalue weighted by molar-refractivity contribution is 5.98. The first-order chi connectivity index (χ1) is 33.8. The number of carbonyl (C=O) groups excluding carboxylic acids is 10. The minimum Gasteiger partial charge on any atom is -0.480 e. The third-order valence-corrected chi connectivity index (χ3v) is 12.5. The molecule has 1 saturated heterocycles. The lowest BCUT2D eigenvalue weighted by Crippen LogP contribution is -2.60. The smallest absolute Gasteiger partial charge is 0.326 e. The van der Waals surface area contributed by atoms with Crippen LogP contribution in [0.3, 0.4) is 0 Å². The normalized spacial score (nSPS) is 17.2. The van der Waals surface area contributed by atoms with Crippen molar-refractivity contribution >= 4 is 65.0 Å². The molecule has 0 spiro atoms. The monoisotopic (exact) mass is 1020 g/mol. The van der Waals surface area contributed by atoms with E-state index in [0.29, 0.717) is 44.9 Å². The maximum Gasteiger partial charge on any atom is 0.326 e. The van der Waals surface area contributed by atoms with Crippen molar-refractivity contribution in [3.63, 3.8) is 0 Å². The summed E-state index contributed by atoms with van der Waals surface area (Å²) in [7, 11) is 0. The Bertz CT molecular complexity index is 1850. The number of aliphatic carboxylic acids is 1. The van der Waals surface area contributed by atoms with Crippen LogP contribution in [0.15, 0.2) is 0 Å². The first-order valence-corrected chi connectivity index (χ1v) is 25.2. The second-order valence-corrected chi connectivity index (χ2v) is 19.4. The number of rotatable bonds is 35. The van der Waals surface area contributed by atoms with Gasteiger partial charge in [0.05, 0.1) is 6.04 Å². The van der Waals surface area contributed by atoms with Gasteiger partial charge in [-0.15, -0.1) is 0 Å². The number of nitrogens with zero attached hydrogens (tertiary/aromatic N) is 1. The lowest BCUT2D eigenvalue weighted by Gasteiger charge is -2.30. The van der Waals surface area contributed by atoms with Gasteiger partial charge in [0.15, 0.2) is 0 Å². The van der Waals surface area contributed by atoms with Gasteiger partial charge in [-0.05, 0) is 108 Å². The van der Waals surface area contributed by atoms with Crippen LogP contribution in [-0.4, -0.2) is 149 Å². The van der Waals surface area contributed by atoms with Crippen molar-refractivity contribution in [3.8, 4) is 0 Å². The fourth-order valence-corrected chi connectivity index (χ4v) is 7.81. The molecule has 410 valence electrons. The molecule has 0 unspecified atom stereocenters. The van der Waals surface area contributed by atoms with E-state index in [1.807, 2.05) is 0 Å². The molecule has 1 rings (SSSR count). The molecule has 0 aromatic carbocycles. The van der Waals surface area contributed by atoms with E-state index in [2.05, 4.69) is 37.2 Å². The van der Waals surface area contributed by atoms with Crippen LogP contribution in [0.1, 0.15) is 138 Å². The average molecular weight is 1020 g/mol. The van der Waals surface area contributed by atoms with E-state index in [4.69, 9.17) is 28.7 Å². The van der Waals surface area contributed by atoms with Crippen LogP contribution < -0.4 is 65.9 Å². The zero-order valence-corrected chi connectivity index (χ0v) is 43.2. The number of nitrogens with one attached hydrogen (secondary N) is 7. The Morgan fingerprint density at radius 3 is 1.47 bits per heavy atom. The van der Waals surface area contributed by atoms with Crippen LogP contribution in [-0.2, 0) is 52.7 Å². The van der Waals surface area contributed by atoms with E-state index in [1.165, 1.54) is 11.8 Å². The van der Waals surface area contributed by atoms with E-state index < -0.39 is 125 Å². The number of carbonyl (C=O) groups is 11. The summed E-state index contributed by atoms with van der Waals surface area (Å²) in [6.07, 6.45) is 1.73. The molecule has 1 heterocycles. The quantitative estimate of drug-likeness (QED) is 0.0288. The Morgan fingerprint density at radius 1 is 0.583 bits per heavy atom. The molecule has 1 aliphatic heterocycles. The lowest BCUT2D eigenvalue weighted by atomic mass is 9.96. The van der Waals surface area contributed by atoms with Gasteiger partial charge in [0.25, 0.3) is 0 Å². The van der Waals surface area contributed by atoms with Crippen LogP contribution in [0.25, 0.3) is 0 Å². The van der Waals surface area contributed by atoms with Gasteiger partial charge in [-0.3, -0.25) is 47.9 Å². The van der Waals surface area contributed by atoms with Crippen molar-refractivity contribution in [2.75, 3.05) is 19.6 Å². The number of primary amides is 2. The Balaban J connectivity index is 3.38. The molecule has 25 heteroatoms. The minimum absolute atomic E-state index is 0.0313. The van der Waals surface area contributed by atoms with Crippen LogP contribution in [0, 0.1) is 17.8 Å². The van der Waals surface area contributed by atoms with Gasteiger partial charge < -0.3 is 75.9 Å². The van der Waals surface area contributed by atoms with Crippen molar-refractivity contribution in [2.45, 2.75) is 193 Å². The molecular formula is C47H85N13O12. The zero-order chi connectivity index (χ0) is 54.8. The third kappa shape index (κ3) is 22.6. The summed E-state index contributed by atoms with van der Waals surface area (Å²) in [5.74, 6) is -9.71. The Kier molecular flexibility index (Phi) is 29.3. The number of hydrogen-bond acceptors (Lipinski definition) is 14.